The van der Waals surface area contributed by atoms with Gasteiger partial charge in [0.05, 0.1) is 79.0 Å². The zero-order valence-corrected chi connectivity index (χ0v) is 67.6. The van der Waals surface area contributed by atoms with Gasteiger partial charge in [0.25, 0.3) is 0 Å². The molecule has 0 spiro atoms. The van der Waals surface area contributed by atoms with Gasteiger partial charge in [-0.2, -0.15) is 0 Å². The van der Waals surface area contributed by atoms with Crippen LogP contribution in [0.1, 0.15) is 33.4 Å². The van der Waals surface area contributed by atoms with Crippen molar-refractivity contribution in [3.05, 3.63) is 361 Å². The monoisotopic (exact) mass is 1590 g/mol. The number of hydrogen-bond acceptors (Lipinski definition) is 10. The smallest absolute Gasteiger partial charge is 0.325 e. The highest BCUT2D eigenvalue weighted by atomic mass is 31.1. The summed E-state index contributed by atoms with van der Waals surface area (Å²) >= 11 is 0. The van der Waals surface area contributed by atoms with Crippen LogP contribution in [0.25, 0.3) is 0 Å². The summed E-state index contributed by atoms with van der Waals surface area (Å²) in [6.45, 7) is 4.48. The Kier molecular flexibility index (Phi) is 25.9. The first-order chi connectivity index (χ1) is 56.5. The maximum Gasteiger partial charge on any atom is 0.325 e. The lowest BCUT2D eigenvalue weighted by Gasteiger charge is -2.49. The Balaban J connectivity index is 0.722. The van der Waals surface area contributed by atoms with E-state index < -0.39 is 43.0 Å². The van der Waals surface area contributed by atoms with Crippen LogP contribution in [0.15, 0.2) is 328 Å². The van der Waals surface area contributed by atoms with Crippen LogP contribution in [-0.2, 0) is 56.5 Å². The molecule has 0 aromatic heterocycles. The van der Waals surface area contributed by atoms with E-state index in [0.29, 0.717) is 75.9 Å². The zero-order chi connectivity index (χ0) is 77.1. The largest absolute Gasteiger partial charge is 0.491 e. The quantitative estimate of drug-likeness (QED) is 0.0273. The first-order valence-corrected chi connectivity index (χ1v) is 45.5. The molecule has 578 valence electrons. The van der Waals surface area contributed by atoms with Crippen molar-refractivity contribution < 1.29 is 47.5 Å². The number of rotatable bonds is 38. The third-order valence-corrected chi connectivity index (χ3v) is 31.5. The highest BCUT2D eigenvalue weighted by Crippen LogP contribution is 2.66. The van der Waals surface area contributed by atoms with Crippen LogP contribution in [0.4, 0.5) is 9.59 Å². The molecule has 0 N–H and O–H groups in total. The lowest BCUT2D eigenvalue weighted by Crippen LogP contribution is -2.62. The molecular weight excluding hydrogens is 1490 g/mol. The summed E-state index contributed by atoms with van der Waals surface area (Å²) in [4.78, 5) is 42.1. The minimum absolute atomic E-state index is 0.0443. The fourth-order valence-corrected chi connectivity index (χ4v) is 25.3. The number of nitrogens with zero attached hydrogens (tertiary/aromatic N) is 4. The molecule has 4 amide bonds. The molecule has 0 radical (unpaired) electrons. The SMILES string of the molecule is O=C1N2Cc3c(OCCOCCP(c4ccccc4)c4ccccc4)ccc(OCCOCCP(c4ccccc4)c4ccccc4)c3CN3C(=O)N4Cc5c(OCCOCCP(c6ccccc6)c6ccccc6)ccc(OCCOCCP(c6ccccc6)c6ccccc6)c5CN1C4(c1ccccc1)C23c1ccccc1. The van der Waals surface area contributed by atoms with Crippen molar-refractivity contribution in [2.45, 2.75) is 37.5 Å². The molecule has 16 rings (SSSR count). The standard InChI is InChI=1S/C96H94N4O10P4/c101-93-97-71-85-86(90(108-60-56-104-64-68-112(79-39-19-5-20-40-79)80-41-21-6-22-42-80)52-51-89(85)107-59-55-103-63-67-111(77-35-15-3-16-36-77)78-37-17-4-18-38-78)72-98-94(102)100-74-88-87(73-99(93)96(100,76-33-13-2-14-34-76)95(97,98)75-31-11-1-12-32-75)91(109-61-57-105-65-69-113(81-43-23-7-24-44-81)82-45-25-8-26-46-82)53-54-92(88)110-62-58-106-66-70-114(83-47-27-9-28-48-83)84-49-29-10-30-50-84/h1-54H,55-74H2. The third kappa shape index (κ3) is 16.8. The fraction of sp³-hybridized carbons (Fsp3) is 0.229. The van der Waals surface area contributed by atoms with Crippen molar-refractivity contribution in [3.8, 4) is 23.0 Å². The van der Waals surface area contributed by atoms with Crippen molar-refractivity contribution in [2.75, 3.05) is 104 Å². The van der Waals surface area contributed by atoms with Gasteiger partial charge in [0, 0.05) is 33.4 Å². The van der Waals surface area contributed by atoms with Gasteiger partial charge in [0.1, 0.15) is 49.4 Å². The van der Waals surface area contributed by atoms with Gasteiger partial charge in [0.15, 0.2) is 11.3 Å². The van der Waals surface area contributed by atoms with Gasteiger partial charge < -0.3 is 37.9 Å². The van der Waals surface area contributed by atoms with Crippen molar-refractivity contribution in [1.82, 2.24) is 19.6 Å². The molecule has 4 aliphatic rings. The number of urea groups is 2. The third-order valence-electron chi connectivity index (χ3n) is 21.6. The predicted molar refractivity (Wildman–Crippen MR) is 463 cm³/mol. The summed E-state index contributed by atoms with van der Waals surface area (Å²) in [5, 5.41) is 10.4. The highest BCUT2D eigenvalue weighted by molar-refractivity contribution is 7.74. The maximum absolute atomic E-state index is 17.2. The second-order valence-corrected chi connectivity index (χ2v) is 37.5. The normalized spacial score (nSPS) is 16.1. The van der Waals surface area contributed by atoms with Crippen LogP contribution in [0.5, 0.6) is 23.0 Å². The number of amides is 4. The zero-order valence-electron chi connectivity index (χ0n) is 64.0. The maximum atomic E-state index is 17.2. The number of fused-ring (bicyclic) bond motifs is 2. The molecule has 14 nitrogen and oxygen atoms in total. The van der Waals surface area contributed by atoms with Crippen LogP contribution in [0, 0.1) is 0 Å². The fourth-order valence-electron chi connectivity index (χ4n) is 16.5. The first-order valence-electron chi connectivity index (χ1n) is 39.4. The van der Waals surface area contributed by atoms with Gasteiger partial charge >= 0.3 is 12.1 Å². The summed E-state index contributed by atoms with van der Waals surface area (Å²) < 4.78 is 53.9. The summed E-state index contributed by atoms with van der Waals surface area (Å²) in [6, 6.07) is 113. The molecule has 0 bridgehead atoms. The molecule has 18 heteroatoms. The average molecular weight is 1590 g/mol. The topological polar surface area (TPSA) is 121 Å². The summed E-state index contributed by atoms with van der Waals surface area (Å²) in [5.41, 5.74) is 1.40. The van der Waals surface area contributed by atoms with E-state index in [1.54, 1.807) is 0 Å². The summed E-state index contributed by atoms with van der Waals surface area (Å²) in [5.74, 6) is 2.28. The van der Waals surface area contributed by atoms with Gasteiger partial charge in [-0.05, 0) is 123 Å². The molecule has 4 heterocycles. The summed E-state index contributed by atoms with van der Waals surface area (Å²) in [6.07, 6.45) is 3.35. The van der Waals surface area contributed by atoms with E-state index in [1.165, 1.54) is 42.4 Å². The van der Waals surface area contributed by atoms with E-state index in [-0.39, 0.29) is 64.7 Å². The minimum atomic E-state index is -1.53. The Morgan fingerprint density at radius 3 is 0.579 bits per heavy atom. The Morgan fingerprint density at radius 2 is 0.395 bits per heavy atom. The predicted octanol–water partition coefficient (Wildman–Crippen LogP) is 15.7. The molecule has 12 aromatic rings. The van der Waals surface area contributed by atoms with E-state index in [0.717, 1.165) is 58.0 Å². The van der Waals surface area contributed by atoms with E-state index in [4.69, 9.17) is 37.9 Å². The number of hydrogen-bond donors (Lipinski definition) is 0. The molecule has 2 fully saturated rings. The van der Waals surface area contributed by atoms with E-state index in [9.17, 15) is 0 Å². The number of carbonyl (C=O) groups excluding carboxylic acids is 2. The van der Waals surface area contributed by atoms with Gasteiger partial charge in [-0.15, -0.1) is 0 Å². The van der Waals surface area contributed by atoms with Crippen LogP contribution in [-0.4, -0.2) is 136 Å². The Bertz CT molecular complexity index is 4320. The second kappa shape index (κ2) is 37.9. The lowest BCUT2D eigenvalue weighted by molar-refractivity contribution is -0.0796. The molecule has 114 heavy (non-hydrogen) atoms. The Hall–Kier alpha value is -10.1. The molecule has 0 unspecified atom stereocenters. The van der Waals surface area contributed by atoms with Gasteiger partial charge in [-0.25, -0.2) is 9.59 Å². The lowest BCUT2D eigenvalue weighted by atomic mass is 9.79. The van der Waals surface area contributed by atoms with Crippen LogP contribution in [0.3, 0.4) is 0 Å². The minimum Gasteiger partial charge on any atom is -0.491 e. The number of ether oxygens (including phenoxy) is 8. The highest BCUT2D eigenvalue weighted by Gasteiger charge is 2.81. The van der Waals surface area contributed by atoms with Gasteiger partial charge in [-0.3, -0.25) is 19.6 Å². The number of benzene rings is 12. The van der Waals surface area contributed by atoms with Crippen LogP contribution < -0.4 is 61.4 Å². The van der Waals surface area contributed by atoms with E-state index >= 15 is 9.59 Å². The molecule has 0 saturated carbocycles. The Labute approximate surface area is 674 Å². The summed E-state index contributed by atoms with van der Waals surface area (Å²) in [7, 11) is -2.68. The molecule has 0 aliphatic carbocycles. The molecular formula is C96H94N4O10P4. The average Bonchev–Trinajstić information content (AvgIpc) is 1.47. The molecule has 4 aliphatic heterocycles. The molecule has 12 aromatic carbocycles. The van der Waals surface area contributed by atoms with Crippen LogP contribution in [0.2, 0.25) is 0 Å². The van der Waals surface area contributed by atoms with E-state index in [1.807, 2.05) is 80.3 Å². The first kappa shape index (κ1) is 77.9. The molecule has 2 saturated heterocycles. The second-order valence-electron chi connectivity index (χ2n) is 28.2. The van der Waals surface area contributed by atoms with Crippen molar-refractivity contribution in [2.24, 2.45) is 0 Å². The van der Waals surface area contributed by atoms with Crippen LogP contribution >= 0.6 is 31.7 Å². The van der Waals surface area contributed by atoms with Gasteiger partial charge in [0.2, 0.25) is 0 Å². The van der Waals surface area contributed by atoms with Crippen molar-refractivity contribution in [1.29, 1.82) is 0 Å². The number of carbonyl (C=O) groups is 2. The van der Waals surface area contributed by atoms with Gasteiger partial charge in [-0.1, -0.05) is 303 Å². The van der Waals surface area contributed by atoms with E-state index in [2.05, 4.69) is 267 Å². The Morgan fingerprint density at radius 1 is 0.219 bits per heavy atom. The van der Waals surface area contributed by atoms with Crippen molar-refractivity contribution >= 4 is 86.2 Å². The van der Waals surface area contributed by atoms with Crippen molar-refractivity contribution in [3.63, 3.8) is 0 Å². The molecule has 0 atom stereocenters.